The molecule has 29 heavy (non-hydrogen) atoms. The summed E-state index contributed by atoms with van der Waals surface area (Å²) in [5.74, 6) is 3.26. The van der Waals surface area contributed by atoms with Gasteiger partial charge in [-0.15, -0.1) is 20.4 Å². The van der Waals surface area contributed by atoms with Crippen LogP contribution in [0.3, 0.4) is 0 Å². The SMILES string of the molecule is COc1ccnc(-c2nnc3n2C[C@H](C)n2c(-c4cccc(Cl)c4Cl)nnc2-3)c1. The largest absolute Gasteiger partial charge is 0.497 e. The van der Waals surface area contributed by atoms with Crippen molar-refractivity contribution in [3.8, 4) is 40.3 Å². The van der Waals surface area contributed by atoms with Gasteiger partial charge in [-0.25, -0.2) is 0 Å². The van der Waals surface area contributed by atoms with E-state index in [0.717, 1.165) is 5.56 Å². The maximum atomic E-state index is 6.42. The minimum Gasteiger partial charge on any atom is -0.497 e. The number of ether oxygens (including phenoxy) is 1. The third-order valence-corrected chi connectivity index (χ3v) is 5.74. The molecule has 5 rings (SSSR count). The van der Waals surface area contributed by atoms with E-state index in [-0.39, 0.29) is 6.04 Å². The van der Waals surface area contributed by atoms with Crippen molar-refractivity contribution in [3.05, 3.63) is 46.6 Å². The average molecular weight is 428 g/mol. The van der Waals surface area contributed by atoms with Gasteiger partial charge in [-0.05, 0) is 25.1 Å². The quantitative estimate of drug-likeness (QED) is 0.488. The van der Waals surface area contributed by atoms with Crippen LogP contribution in [0.2, 0.25) is 10.0 Å². The molecule has 146 valence electrons. The fraction of sp³-hybridized carbons (Fsp3) is 0.211. The Labute approximate surface area is 176 Å². The number of methoxy groups -OCH3 is 1. The van der Waals surface area contributed by atoms with E-state index in [9.17, 15) is 0 Å². The number of halogens is 2. The van der Waals surface area contributed by atoms with Crippen LogP contribution in [0.1, 0.15) is 13.0 Å². The van der Waals surface area contributed by atoms with Crippen molar-refractivity contribution in [1.29, 1.82) is 0 Å². The van der Waals surface area contributed by atoms with Gasteiger partial charge in [0.15, 0.2) is 11.6 Å². The number of rotatable bonds is 3. The lowest BCUT2D eigenvalue weighted by Crippen LogP contribution is -2.22. The molecule has 0 saturated heterocycles. The molecule has 4 aromatic rings. The number of hydrogen-bond acceptors (Lipinski definition) is 6. The predicted octanol–water partition coefficient (Wildman–Crippen LogP) is 4.16. The Bertz CT molecular complexity index is 1230. The third kappa shape index (κ3) is 2.79. The molecule has 0 amide bonds. The molecular formula is C19H15Cl2N7O. The molecule has 3 aromatic heterocycles. The Hall–Kier alpha value is -2.97. The van der Waals surface area contributed by atoms with Gasteiger partial charge < -0.3 is 9.30 Å². The molecule has 10 heteroatoms. The maximum Gasteiger partial charge on any atom is 0.202 e. The number of pyridine rings is 1. The van der Waals surface area contributed by atoms with E-state index in [4.69, 9.17) is 27.9 Å². The van der Waals surface area contributed by atoms with Gasteiger partial charge in [-0.3, -0.25) is 9.55 Å². The second-order valence-corrected chi connectivity index (χ2v) is 7.49. The summed E-state index contributed by atoms with van der Waals surface area (Å²) in [6.07, 6.45) is 1.68. The van der Waals surface area contributed by atoms with Crippen LogP contribution in [-0.4, -0.2) is 41.6 Å². The van der Waals surface area contributed by atoms with Gasteiger partial charge in [0.2, 0.25) is 11.6 Å². The van der Waals surface area contributed by atoms with Crippen molar-refractivity contribution in [2.45, 2.75) is 19.5 Å². The number of hydrogen-bond donors (Lipinski definition) is 0. The maximum absolute atomic E-state index is 6.42. The van der Waals surface area contributed by atoms with Crippen LogP contribution in [0.5, 0.6) is 5.75 Å². The summed E-state index contributed by atoms with van der Waals surface area (Å²) in [5, 5.41) is 18.4. The van der Waals surface area contributed by atoms with Crippen molar-refractivity contribution in [1.82, 2.24) is 34.5 Å². The minimum atomic E-state index is 0.0397. The Balaban J connectivity index is 1.65. The van der Waals surface area contributed by atoms with E-state index < -0.39 is 0 Å². The van der Waals surface area contributed by atoms with Crippen molar-refractivity contribution in [3.63, 3.8) is 0 Å². The first-order chi connectivity index (χ1) is 14.1. The smallest absolute Gasteiger partial charge is 0.202 e. The van der Waals surface area contributed by atoms with Crippen LogP contribution < -0.4 is 4.74 Å². The topological polar surface area (TPSA) is 83.5 Å². The van der Waals surface area contributed by atoms with Gasteiger partial charge in [0.25, 0.3) is 0 Å². The Morgan fingerprint density at radius 3 is 2.59 bits per heavy atom. The standard InChI is InChI=1S/C19H15Cl2N7O/c1-10-9-27-17(14-8-11(29-2)6-7-22-14)24-25-18(27)19-26-23-16(28(10)19)12-4-3-5-13(20)15(12)21/h3-8,10H,9H2,1-2H3/t10-/m0/s1. The summed E-state index contributed by atoms with van der Waals surface area (Å²) in [6.45, 7) is 2.72. The number of aromatic nitrogens is 7. The Morgan fingerprint density at radius 2 is 1.76 bits per heavy atom. The molecule has 0 aliphatic carbocycles. The third-order valence-electron chi connectivity index (χ3n) is 4.92. The second kappa shape index (κ2) is 6.82. The highest BCUT2D eigenvalue weighted by molar-refractivity contribution is 6.43. The van der Waals surface area contributed by atoms with Gasteiger partial charge in [-0.1, -0.05) is 29.3 Å². The molecule has 0 bridgehead atoms. The first-order valence-electron chi connectivity index (χ1n) is 8.91. The highest BCUT2D eigenvalue weighted by Gasteiger charge is 2.31. The number of fused-ring (bicyclic) bond motifs is 3. The monoisotopic (exact) mass is 427 g/mol. The summed E-state index contributed by atoms with van der Waals surface area (Å²) in [7, 11) is 1.62. The lowest BCUT2D eigenvalue weighted by Gasteiger charge is -2.25. The lowest BCUT2D eigenvalue weighted by molar-refractivity contribution is 0.414. The zero-order valence-electron chi connectivity index (χ0n) is 15.5. The van der Waals surface area contributed by atoms with Crippen molar-refractivity contribution in [2.75, 3.05) is 7.11 Å². The molecule has 4 heterocycles. The van der Waals surface area contributed by atoms with Crippen LogP contribution in [0.4, 0.5) is 0 Å². The zero-order valence-corrected chi connectivity index (χ0v) is 17.1. The summed E-state index contributed by atoms with van der Waals surface area (Å²) in [4.78, 5) is 4.41. The molecule has 0 unspecified atom stereocenters. The predicted molar refractivity (Wildman–Crippen MR) is 109 cm³/mol. The summed E-state index contributed by atoms with van der Waals surface area (Å²) in [6, 6.07) is 9.12. The van der Waals surface area contributed by atoms with Gasteiger partial charge in [-0.2, -0.15) is 0 Å². The molecule has 8 nitrogen and oxygen atoms in total. The van der Waals surface area contributed by atoms with E-state index >= 15 is 0 Å². The van der Waals surface area contributed by atoms with Crippen molar-refractivity contribution < 1.29 is 4.74 Å². The van der Waals surface area contributed by atoms with E-state index in [1.54, 1.807) is 25.4 Å². The van der Waals surface area contributed by atoms with Crippen molar-refractivity contribution in [2.24, 2.45) is 0 Å². The fourth-order valence-electron chi connectivity index (χ4n) is 3.56. The lowest BCUT2D eigenvalue weighted by atomic mass is 10.1. The van der Waals surface area contributed by atoms with E-state index in [1.807, 2.05) is 27.3 Å². The molecule has 1 aliphatic heterocycles. The second-order valence-electron chi connectivity index (χ2n) is 6.71. The van der Waals surface area contributed by atoms with E-state index in [0.29, 0.717) is 51.3 Å². The van der Waals surface area contributed by atoms with Crippen LogP contribution >= 0.6 is 23.2 Å². The molecule has 0 saturated carbocycles. The van der Waals surface area contributed by atoms with Crippen LogP contribution in [-0.2, 0) is 6.54 Å². The molecule has 1 aromatic carbocycles. The van der Waals surface area contributed by atoms with Crippen LogP contribution in [0.25, 0.3) is 34.6 Å². The highest BCUT2D eigenvalue weighted by atomic mass is 35.5. The summed E-state index contributed by atoms with van der Waals surface area (Å²) < 4.78 is 9.32. The highest BCUT2D eigenvalue weighted by Crippen LogP contribution is 2.38. The van der Waals surface area contributed by atoms with E-state index in [2.05, 4.69) is 32.3 Å². The van der Waals surface area contributed by atoms with Crippen molar-refractivity contribution >= 4 is 23.2 Å². The Kier molecular flexibility index (Phi) is 4.25. The number of benzene rings is 1. The first-order valence-corrected chi connectivity index (χ1v) is 9.67. The molecule has 0 N–H and O–H groups in total. The zero-order chi connectivity index (χ0) is 20.1. The fourth-order valence-corrected chi connectivity index (χ4v) is 3.94. The van der Waals surface area contributed by atoms with Gasteiger partial charge in [0.1, 0.15) is 11.4 Å². The van der Waals surface area contributed by atoms with Gasteiger partial charge in [0, 0.05) is 24.4 Å². The molecule has 1 aliphatic rings. The van der Waals surface area contributed by atoms with Gasteiger partial charge in [0.05, 0.1) is 23.2 Å². The average Bonchev–Trinajstić information content (AvgIpc) is 3.35. The Morgan fingerprint density at radius 1 is 1.00 bits per heavy atom. The first kappa shape index (κ1) is 18.1. The molecule has 0 spiro atoms. The van der Waals surface area contributed by atoms with Crippen LogP contribution in [0, 0.1) is 0 Å². The van der Waals surface area contributed by atoms with Gasteiger partial charge >= 0.3 is 0 Å². The molecule has 1 atom stereocenters. The molecular weight excluding hydrogens is 413 g/mol. The van der Waals surface area contributed by atoms with Crippen LogP contribution in [0.15, 0.2) is 36.5 Å². The minimum absolute atomic E-state index is 0.0397. The number of nitrogens with zero attached hydrogens (tertiary/aromatic N) is 7. The molecule has 0 fully saturated rings. The molecule has 0 radical (unpaired) electrons. The normalized spacial score (nSPS) is 15.1. The summed E-state index contributed by atoms with van der Waals surface area (Å²) in [5.41, 5.74) is 1.41. The van der Waals surface area contributed by atoms with E-state index in [1.165, 1.54) is 0 Å². The summed E-state index contributed by atoms with van der Waals surface area (Å²) >= 11 is 12.6.